The molecule has 2 aromatic heterocycles. The summed E-state index contributed by atoms with van der Waals surface area (Å²) in [7, 11) is 0. The molecule has 0 aliphatic heterocycles. The molecule has 0 atom stereocenters. The van der Waals surface area contributed by atoms with Gasteiger partial charge in [-0.2, -0.15) is 5.10 Å². The summed E-state index contributed by atoms with van der Waals surface area (Å²) in [4.78, 5) is 25.5. The van der Waals surface area contributed by atoms with E-state index in [0.29, 0.717) is 18.9 Å². The van der Waals surface area contributed by atoms with E-state index < -0.39 is 0 Å². The van der Waals surface area contributed by atoms with Crippen molar-refractivity contribution in [3.63, 3.8) is 0 Å². The van der Waals surface area contributed by atoms with Gasteiger partial charge in [0.05, 0.1) is 17.1 Å². The van der Waals surface area contributed by atoms with E-state index in [4.69, 9.17) is 0 Å². The van der Waals surface area contributed by atoms with E-state index >= 15 is 0 Å². The van der Waals surface area contributed by atoms with Gasteiger partial charge in [0, 0.05) is 6.54 Å². The van der Waals surface area contributed by atoms with Gasteiger partial charge in [-0.25, -0.2) is 9.48 Å². The summed E-state index contributed by atoms with van der Waals surface area (Å²) in [5, 5.41) is 10.9. The van der Waals surface area contributed by atoms with Gasteiger partial charge in [-0.3, -0.25) is 9.36 Å². The number of hydrogen-bond acceptors (Lipinski definition) is 6. The fourth-order valence-corrected chi connectivity index (χ4v) is 3.15. The largest absolute Gasteiger partial charge is 0.349 e. The first-order valence-electron chi connectivity index (χ1n) is 8.27. The lowest BCUT2D eigenvalue weighted by molar-refractivity contribution is -0.122. The van der Waals surface area contributed by atoms with Crippen LogP contribution in [-0.4, -0.2) is 29.8 Å². The van der Waals surface area contributed by atoms with Gasteiger partial charge in [0.15, 0.2) is 0 Å². The lowest BCUT2D eigenvalue weighted by Gasteiger charge is -2.04. The van der Waals surface area contributed by atoms with Gasteiger partial charge in [0.1, 0.15) is 12.4 Å². The maximum absolute atomic E-state index is 12.5. The zero-order valence-electron chi connectivity index (χ0n) is 14.7. The number of carbonyl (C=O) groups excluding carboxylic acids is 1. The van der Waals surface area contributed by atoms with E-state index in [1.807, 2.05) is 37.3 Å². The van der Waals surface area contributed by atoms with Gasteiger partial charge >= 0.3 is 5.69 Å². The van der Waals surface area contributed by atoms with E-state index in [0.717, 1.165) is 22.6 Å². The molecule has 136 valence electrons. The molecule has 3 rings (SSSR count). The summed E-state index contributed by atoms with van der Waals surface area (Å²) >= 11 is 1.25. The van der Waals surface area contributed by atoms with Gasteiger partial charge in [0.2, 0.25) is 5.91 Å². The molecule has 0 spiro atoms. The van der Waals surface area contributed by atoms with Crippen molar-refractivity contribution >= 4 is 17.4 Å². The number of amides is 1. The molecule has 0 unspecified atom stereocenters. The molecule has 0 bridgehead atoms. The van der Waals surface area contributed by atoms with Crippen molar-refractivity contribution in [3.05, 3.63) is 62.8 Å². The topological polar surface area (TPSA) is 94.7 Å². The van der Waals surface area contributed by atoms with Crippen LogP contribution in [-0.2, 0) is 30.8 Å². The van der Waals surface area contributed by atoms with Crippen molar-refractivity contribution < 1.29 is 4.79 Å². The summed E-state index contributed by atoms with van der Waals surface area (Å²) in [6.07, 6.45) is 0.733. The first-order chi connectivity index (χ1) is 12.5. The van der Waals surface area contributed by atoms with Crippen LogP contribution in [0.15, 0.2) is 35.1 Å². The number of hydrogen-bond donors (Lipinski definition) is 1. The predicted molar refractivity (Wildman–Crippen MR) is 97.9 cm³/mol. The summed E-state index contributed by atoms with van der Waals surface area (Å²) < 4.78 is 6.62. The van der Waals surface area contributed by atoms with E-state index in [2.05, 4.69) is 20.0 Å². The number of aryl methyl sites for hydroxylation is 3. The molecule has 1 N–H and O–H groups in total. The molecule has 26 heavy (non-hydrogen) atoms. The Morgan fingerprint density at radius 3 is 2.69 bits per heavy atom. The molecule has 3 aromatic rings. The molecule has 0 radical (unpaired) electrons. The van der Waals surface area contributed by atoms with Crippen LogP contribution < -0.4 is 11.0 Å². The molecule has 0 saturated heterocycles. The standard InChI is InChI=1S/C17H20N6O2S/c1-12-15(26-21-19-12)10-18-16(24)11-23-17(25)22(13(2)20-23)9-8-14-6-4-3-5-7-14/h3-7H,8-11H2,1-2H3,(H,18,24). The number of nitrogens with one attached hydrogen (secondary N) is 1. The summed E-state index contributed by atoms with van der Waals surface area (Å²) in [5.41, 5.74) is 1.68. The number of nitrogens with zero attached hydrogens (tertiary/aromatic N) is 5. The second-order valence-electron chi connectivity index (χ2n) is 5.93. The number of carbonyl (C=O) groups is 1. The Labute approximate surface area is 154 Å². The van der Waals surface area contributed by atoms with E-state index in [-0.39, 0.29) is 18.1 Å². The smallest absolute Gasteiger partial charge is 0.346 e. The number of aromatic nitrogens is 5. The Hall–Kier alpha value is -2.81. The molecule has 0 fully saturated rings. The highest BCUT2D eigenvalue weighted by Crippen LogP contribution is 2.08. The molecular weight excluding hydrogens is 352 g/mol. The van der Waals surface area contributed by atoms with Crippen LogP contribution in [0.2, 0.25) is 0 Å². The minimum atomic E-state index is -0.274. The first kappa shape index (κ1) is 18.0. The number of benzene rings is 1. The third kappa shape index (κ3) is 4.23. The highest BCUT2D eigenvalue weighted by molar-refractivity contribution is 7.05. The Morgan fingerprint density at radius 2 is 2.00 bits per heavy atom. The maximum Gasteiger partial charge on any atom is 0.346 e. The van der Waals surface area contributed by atoms with Crippen LogP contribution in [0.5, 0.6) is 0 Å². The van der Waals surface area contributed by atoms with Crippen molar-refractivity contribution in [2.24, 2.45) is 0 Å². The second-order valence-corrected chi connectivity index (χ2v) is 6.77. The minimum absolute atomic E-state index is 0.108. The normalized spacial score (nSPS) is 10.8. The fraction of sp³-hybridized carbons (Fsp3) is 0.353. The van der Waals surface area contributed by atoms with Crippen LogP contribution in [0.25, 0.3) is 0 Å². The minimum Gasteiger partial charge on any atom is -0.349 e. The Balaban J connectivity index is 1.61. The number of rotatable bonds is 7. The molecule has 8 nitrogen and oxygen atoms in total. The van der Waals surface area contributed by atoms with Crippen molar-refractivity contribution in [2.45, 2.75) is 39.9 Å². The molecule has 2 heterocycles. The lowest BCUT2D eigenvalue weighted by atomic mass is 10.1. The molecule has 1 aromatic carbocycles. The predicted octanol–water partition coefficient (Wildman–Crippen LogP) is 1.07. The highest BCUT2D eigenvalue weighted by atomic mass is 32.1. The van der Waals surface area contributed by atoms with E-state index in [9.17, 15) is 9.59 Å². The van der Waals surface area contributed by atoms with Gasteiger partial charge in [0.25, 0.3) is 0 Å². The SMILES string of the molecule is Cc1nnsc1CNC(=O)Cn1nc(C)n(CCc2ccccc2)c1=O. The molecule has 0 aliphatic rings. The average Bonchev–Trinajstić information content (AvgIpc) is 3.15. The Kier molecular flexibility index (Phi) is 5.57. The Morgan fingerprint density at radius 1 is 1.23 bits per heavy atom. The third-order valence-electron chi connectivity index (χ3n) is 4.06. The van der Waals surface area contributed by atoms with Crippen molar-refractivity contribution in [1.82, 2.24) is 29.3 Å². The third-order valence-corrected chi connectivity index (χ3v) is 4.88. The monoisotopic (exact) mass is 372 g/mol. The van der Waals surface area contributed by atoms with Gasteiger partial charge in [-0.05, 0) is 37.4 Å². The van der Waals surface area contributed by atoms with Crippen molar-refractivity contribution in [1.29, 1.82) is 0 Å². The quantitative estimate of drug-likeness (QED) is 0.669. The molecule has 1 amide bonds. The van der Waals surface area contributed by atoms with Crippen LogP contribution in [0.1, 0.15) is 22.0 Å². The summed E-state index contributed by atoms with van der Waals surface area (Å²) in [5.74, 6) is 0.328. The highest BCUT2D eigenvalue weighted by Gasteiger charge is 2.13. The molecular formula is C17H20N6O2S. The molecule has 0 aliphatic carbocycles. The zero-order valence-corrected chi connectivity index (χ0v) is 15.5. The molecule has 0 saturated carbocycles. The summed E-state index contributed by atoms with van der Waals surface area (Å²) in [6.45, 7) is 4.39. The van der Waals surface area contributed by atoms with E-state index in [1.54, 1.807) is 11.5 Å². The van der Waals surface area contributed by atoms with Crippen molar-refractivity contribution in [2.75, 3.05) is 0 Å². The van der Waals surface area contributed by atoms with Crippen LogP contribution in [0.4, 0.5) is 0 Å². The molecule has 9 heteroatoms. The van der Waals surface area contributed by atoms with Crippen LogP contribution in [0.3, 0.4) is 0 Å². The maximum atomic E-state index is 12.5. The van der Waals surface area contributed by atoms with Gasteiger partial charge in [-0.15, -0.1) is 5.10 Å². The van der Waals surface area contributed by atoms with Gasteiger partial charge < -0.3 is 5.32 Å². The first-order valence-corrected chi connectivity index (χ1v) is 9.04. The van der Waals surface area contributed by atoms with Crippen LogP contribution in [0, 0.1) is 13.8 Å². The lowest BCUT2D eigenvalue weighted by Crippen LogP contribution is -2.33. The summed E-state index contributed by atoms with van der Waals surface area (Å²) in [6, 6.07) is 9.95. The average molecular weight is 372 g/mol. The Bertz CT molecular complexity index is 944. The fourth-order valence-electron chi connectivity index (χ4n) is 2.58. The zero-order chi connectivity index (χ0) is 18.5. The van der Waals surface area contributed by atoms with Gasteiger partial charge in [-0.1, -0.05) is 34.8 Å². The van der Waals surface area contributed by atoms with Crippen molar-refractivity contribution in [3.8, 4) is 0 Å². The van der Waals surface area contributed by atoms with E-state index in [1.165, 1.54) is 16.2 Å². The second kappa shape index (κ2) is 8.05. The van der Waals surface area contributed by atoms with Crippen LogP contribution >= 0.6 is 11.5 Å².